The third-order valence-electron chi connectivity index (χ3n) is 5.68. The van der Waals surface area contributed by atoms with Gasteiger partial charge >= 0.3 is 0 Å². The third kappa shape index (κ3) is 5.85. The molecule has 2 amide bonds. The fourth-order valence-electron chi connectivity index (χ4n) is 3.92. The quantitative estimate of drug-likeness (QED) is 0.581. The summed E-state index contributed by atoms with van der Waals surface area (Å²) in [6.07, 6.45) is 0.875. The van der Waals surface area contributed by atoms with Gasteiger partial charge in [0, 0.05) is 24.7 Å². The summed E-state index contributed by atoms with van der Waals surface area (Å²) in [7, 11) is 1.75. The van der Waals surface area contributed by atoms with Gasteiger partial charge in [-0.25, -0.2) is 4.68 Å². The first-order valence-corrected chi connectivity index (χ1v) is 11.1. The topological polar surface area (TPSA) is 90.7 Å². The molecule has 2 heterocycles. The van der Waals surface area contributed by atoms with Crippen LogP contribution in [0.15, 0.2) is 66.7 Å². The van der Waals surface area contributed by atoms with Crippen LogP contribution in [0.1, 0.15) is 12.8 Å². The summed E-state index contributed by atoms with van der Waals surface area (Å²) in [5.41, 5.74) is 2.55. The van der Waals surface area contributed by atoms with Crippen LogP contribution in [-0.4, -0.2) is 75.8 Å². The van der Waals surface area contributed by atoms with Crippen molar-refractivity contribution in [2.75, 3.05) is 38.5 Å². The van der Waals surface area contributed by atoms with Crippen molar-refractivity contribution < 1.29 is 14.7 Å². The predicted octanol–water partition coefficient (Wildman–Crippen LogP) is 2.39. The zero-order valence-electron chi connectivity index (χ0n) is 18.7. The van der Waals surface area contributed by atoms with Gasteiger partial charge in [0.25, 0.3) is 0 Å². The number of benzene rings is 2. The van der Waals surface area contributed by atoms with Crippen LogP contribution < -0.4 is 5.32 Å². The number of nitrogens with zero attached hydrogens (tertiary/aromatic N) is 4. The molecule has 1 fully saturated rings. The lowest BCUT2D eigenvalue weighted by Crippen LogP contribution is -2.45. The van der Waals surface area contributed by atoms with Crippen LogP contribution in [0.4, 0.5) is 5.82 Å². The lowest BCUT2D eigenvalue weighted by Gasteiger charge is -2.30. The molecule has 0 radical (unpaired) electrons. The van der Waals surface area contributed by atoms with E-state index in [1.54, 1.807) is 21.5 Å². The summed E-state index contributed by atoms with van der Waals surface area (Å²) in [4.78, 5) is 28.8. The van der Waals surface area contributed by atoms with Gasteiger partial charge in [0.1, 0.15) is 5.82 Å². The van der Waals surface area contributed by atoms with E-state index in [0.717, 1.165) is 16.9 Å². The normalized spacial score (nSPS) is 14.5. The number of likely N-dealkylation sites (tertiary alicyclic amines) is 1. The van der Waals surface area contributed by atoms with Crippen molar-refractivity contribution in [2.24, 2.45) is 0 Å². The molecular weight excluding hydrogens is 418 g/mol. The second-order valence-corrected chi connectivity index (χ2v) is 8.36. The van der Waals surface area contributed by atoms with Gasteiger partial charge in [-0.3, -0.25) is 14.5 Å². The van der Waals surface area contributed by atoms with E-state index in [1.807, 2.05) is 66.7 Å². The molecule has 0 atom stereocenters. The number of piperidine rings is 1. The Balaban J connectivity index is 1.43. The van der Waals surface area contributed by atoms with E-state index in [9.17, 15) is 14.7 Å². The van der Waals surface area contributed by atoms with Crippen molar-refractivity contribution in [1.82, 2.24) is 19.6 Å². The van der Waals surface area contributed by atoms with E-state index in [-0.39, 0.29) is 31.0 Å². The molecule has 1 saturated heterocycles. The Bertz CT molecular complexity index is 1080. The minimum atomic E-state index is -0.326. The Kier molecular flexibility index (Phi) is 7.16. The first-order chi connectivity index (χ1) is 16.0. The lowest BCUT2D eigenvalue weighted by molar-refractivity contribution is -0.134. The zero-order valence-corrected chi connectivity index (χ0v) is 18.7. The molecule has 1 aliphatic rings. The molecule has 4 rings (SSSR count). The van der Waals surface area contributed by atoms with Gasteiger partial charge in [-0.15, -0.1) is 0 Å². The highest BCUT2D eigenvalue weighted by Crippen LogP contribution is 2.24. The molecule has 1 aromatic heterocycles. The van der Waals surface area contributed by atoms with Gasteiger partial charge in [-0.1, -0.05) is 48.5 Å². The largest absolute Gasteiger partial charge is 0.393 e. The molecule has 0 aliphatic carbocycles. The van der Waals surface area contributed by atoms with E-state index in [2.05, 4.69) is 5.32 Å². The Morgan fingerprint density at radius 1 is 1.03 bits per heavy atom. The molecule has 8 heteroatoms. The van der Waals surface area contributed by atoms with Crippen LogP contribution >= 0.6 is 0 Å². The van der Waals surface area contributed by atoms with E-state index >= 15 is 0 Å². The number of carbonyl (C=O) groups is 2. The van der Waals surface area contributed by atoms with Crippen molar-refractivity contribution in [3.05, 3.63) is 66.7 Å². The highest BCUT2D eigenvalue weighted by atomic mass is 16.3. The smallest absolute Gasteiger partial charge is 0.239 e. The summed E-state index contributed by atoms with van der Waals surface area (Å²) in [5.74, 6) is 0.309. The molecule has 0 spiro atoms. The van der Waals surface area contributed by atoms with Crippen molar-refractivity contribution in [1.29, 1.82) is 0 Å². The number of aliphatic hydroxyl groups excluding tert-OH is 1. The van der Waals surface area contributed by atoms with E-state index in [0.29, 0.717) is 31.7 Å². The number of hydrogen-bond acceptors (Lipinski definition) is 5. The summed E-state index contributed by atoms with van der Waals surface area (Å²) >= 11 is 0. The van der Waals surface area contributed by atoms with Gasteiger partial charge < -0.3 is 15.3 Å². The van der Waals surface area contributed by atoms with Crippen molar-refractivity contribution in [2.45, 2.75) is 18.9 Å². The zero-order chi connectivity index (χ0) is 23.2. The van der Waals surface area contributed by atoms with Crippen LogP contribution in [-0.2, 0) is 9.59 Å². The molecule has 2 N–H and O–H groups in total. The minimum Gasteiger partial charge on any atom is -0.393 e. The highest BCUT2D eigenvalue weighted by molar-refractivity contribution is 5.92. The number of amides is 2. The maximum Gasteiger partial charge on any atom is 0.239 e. The van der Waals surface area contributed by atoms with Crippen LogP contribution in [0.25, 0.3) is 16.9 Å². The molecule has 0 bridgehead atoms. The molecule has 2 aromatic carbocycles. The van der Waals surface area contributed by atoms with Crippen LogP contribution in [0, 0.1) is 0 Å². The van der Waals surface area contributed by atoms with Gasteiger partial charge in [0.05, 0.1) is 30.6 Å². The maximum absolute atomic E-state index is 12.8. The number of rotatable bonds is 7. The minimum absolute atomic E-state index is 0.0297. The van der Waals surface area contributed by atoms with Gasteiger partial charge in [0.2, 0.25) is 11.8 Å². The first-order valence-electron chi connectivity index (χ1n) is 11.1. The molecule has 33 heavy (non-hydrogen) atoms. The van der Waals surface area contributed by atoms with Crippen LogP contribution in [0.5, 0.6) is 0 Å². The first kappa shape index (κ1) is 22.7. The number of carbonyl (C=O) groups excluding carboxylic acids is 2. The maximum atomic E-state index is 12.8. The van der Waals surface area contributed by atoms with Crippen molar-refractivity contribution in [3.63, 3.8) is 0 Å². The van der Waals surface area contributed by atoms with E-state index < -0.39 is 0 Å². The average molecular weight is 448 g/mol. The average Bonchev–Trinajstić information content (AvgIpc) is 3.24. The molecule has 0 saturated carbocycles. The number of aliphatic hydroxyl groups is 1. The monoisotopic (exact) mass is 447 g/mol. The predicted molar refractivity (Wildman–Crippen MR) is 127 cm³/mol. The fourth-order valence-corrected chi connectivity index (χ4v) is 3.92. The number of hydrogen-bond donors (Lipinski definition) is 2. The van der Waals surface area contributed by atoms with Crippen molar-refractivity contribution in [3.8, 4) is 16.9 Å². The Labute approximate surface area is 193 Å². The number of anilines is 1. The van der Waals surface area contributed by atoms with E-state index in [1.165, 1.54) is 0 Å². The number of likely N-dealkylation sites (N-methyl/N-ethyl adjacent to an activating group) is 1. The molecular formula is C25H29N5O3. The Morgan fingerprint density at radius 3 is 2.33 bits per heavy atom. The molecule has 1 aliphatic heterocycles. The molecule has 3 aromatic rings. The summed E-state index contributed by atoms with van der Waals surface area (Å²) in [5, 5.41) is 17.3. The summed E-state index contributed by atoms with van der Waals surface area (Å²) in [6.45, 7) is 1.33. The number of nitrogens with one attached hydrogen (secondary N) is 1. The van der Waals surface area contributed by atoms with Gasteiger partial charge in [-0.05, 0) is 32.0 Å². The van der Waals surface area contributed by atoms with E-state index in [4.69, 9.17) is 5.10 Å². The van der Waals surface area contributed by atoms with Crippen LogP contribution in [0.2, 0.25) is 0 Å². The third-order valence-corrected chi connectivity index (χ3v) is 5.68. The SMILES string of the molecule is CN(CC(=O)Nc1cc(-c2ccccc2)nn1-c1ccccc1)CC(=O)N1CCC(O)CC1. The van der Waals surface area contributed by atoms with Crippen molar-refractivity contribution >= 4 is 17.6 Å². The highest BCUT2D eigenvalue weighted by Gasteiger charge is 2.23. The fraction of sp³-hybridized carbons (Fsp3) is 0.320. The standard InChI is InChI=1S/C25H29N5O3/c1-28(18-25(33)29-14-12-21(31)13-15-29)17-24(32)26-23-16-22(19-8-4-2-5-9-19)27-30(23)20-10-6-3-7-11-20/h2-11,16,21,31H,12-15,17-18H2,1H3,(H,26,32). The summed E-state index contributed by atoms with van der Waals surface area (Å²) in [6, 6.07) is 21.3. The second kappa shape index (κ2) is 10.4. The molecule has 172 valence electrons. The molecule has 8 nitrogen and oxygen atoms in total. The number of para-hydroxylation sites is 1. The molecule has 0 unspecified atom stereocenters. The van der Waals surface area contributed by atoms with Gasteiger partial charge in [-0.2, -0.15) is 5.10 Å². The second-order valence-electron chi connectivity index (χ2n) is 8.36. The summed E-state index contributed by atoms with van der Waals surface area (Å²) < 4.78 is 1.71. The van der Waals surface area contributed by atoms with Crippen LogP contribution in [0.3, 0.4) is 0 Å². The van der Waals surface area contributed by atoms with Gasteiger partial charge in [0.15, 0.2) is 0 Å². The Morgan fingerprint density at radius 2 is 1.67 bits per heavy atom. The number of aromatic nitrogens is 2. The lowest BCUT2D eigenvalue weighted by atomic mass is 10.1. The Hall–Kier alpha value is -3.49.